The van der Waals surface area contributed by atoms with Crippen molar-refractivity contribution in [2.24, 2.45) is 0 Å². The van der Waals surface area contributed by atoms with Crippen LogP contribution >= 0.6 is 34.5 Å². The molecule has 2 heterocycles. The van der Waals surface area contributed by atoms with Gasteiger partial charge in [0, 0.05) is 24.3 Å². The first-order chi connectivity index (χ1) is 8.58. The Morgan fingerprint density at radius 1 is 1.39 bits per heavy atom. The lowest BCUT2D eigenvalue weighted by molar-refractivity contribution is 0.0786. The van der Waals surface area contributed by atoms with Gasteiger partial charge in [0.05, 0.1) is 21.5 Å². The Bertz CT molecular complexity index is 571. The van der Waals surface area contributed by atoms with E-state index in [9.17, 15) is 4.79 Å². The zero-order valence-electron chi connectivity index (χ0n) is 9.56. The normalized spacial score (nSPS) is 10.4. The number of halogens is 2. The maximum atomic E-state index is 12.2. The van der Waals surface area contributed by atoms with E-state index in [1.807, 2.05) is 12.1 Å². The van der Waals surface area contributed by atoms with Gasteiger partial charge in [0.15, 0.2) is 0 Å². The number of rotatable bonds is 3. The number of pyridine rings is 1. The van der Waals surface area contributed by atoms with E-state index in [1.165, 1.54) is 17.5 Å². The molecule has 0 fully saturated rings. The van der Waals surface area contributed by atoms with E-state index < -0.39 is 0 Å². The highest BCUT2D eigenvalue weighted by atomic mass is 35.5. The highest BCUT2D eigenvalue weighted by molar-refractivity contribution is 7.16. The van der Waals surface area contributed by atoms with Gasteiger partial charge in [-0.15, -0.1) is 11.3 Å². The summed E-state index contributed by atoms with van der Waals surface area (Å²) in [6, 6.07) is 5.34. The first-order valence-electron chi connectivity index (χ1n) is 5.17. The Kier molecular flexibility index (Phi) is 4.22. The zero-order valence-corrected chi connectivity index (χ0v) is 11.9. The number of hydrogen-bond donors (Lipinski definition) is 0. The molecule has 2 rings (SSSR count). The molecule has 3 nitrogen and oxygen atoms in total. The fourth-order valence-corrected chi connectivity index (χ4v) is 2.84. The third-order valence-corrected chi connectivity index (χ3v) is 3.89. The molecule has 0 bridgehead atoms. The van der Waals surface area contributed by atoms with Crippen molar-refractivity contribution >= 4 is 40.4 Å². The van der Waals surface area contributed by atoms with Gasteiger partial charge in [-0.3, -0.25) is 9.78 Å². The molecule has 0 spiro atoms. The molecule has 0 atom stereocenters. The number of hydrogen-bond acceptors (Lipinski definition) is 3. The molecule has 0 N–H and O–H groups in total. The second-order valence-electron chi connectivity index (χ2n) is 3.72. The van der Waals surface area contributed by atoms with Gasteiger partial charge in [-0.05, 0) is 18.2 Å². The summed E-state index contributed by atoms with van der Waals surface area (Å²) in [5, 5.41) is 0.360. The molecule has 2 aromatic heterocycles. The Balaban J connectivity index is 2.12. The molecule has 94 valence electrons. The van der Waals surface area contributed by atoms with Gasteiger partial charge >= 0.3 is 0 Å². The molecular formula is C12H10Cl2N2OS. The summed E-state index contributed by atoms with van der Waals surface area (Å²) in [6.07, 6.45) is 3.01. The van der Waals surface area contributed by atoms with Gasteiger partial charge in [0.2, 0.25) is 0 Å². The number of carbonyl (C=O) groups is 1. The highest BCUT2D eigenvalue weighted by Crippen LogP contribution is 2.23. The largest absolute Gasteiger partial charge is 0.337 e. The fourth-order valence-electron chi connectivity index (χ4n) is 1.50. The van der Waals surface area contributed by atoms with Gasteiger partial charge < -0.3 is 4.90 Å². The maximum absolute atomic E-state index is 12.2. The summed E-state index contributed by atoms with van der Waals surface area (Å²) in [7, 11) is 1.73. The molecule has 0 aliphatic carbocycles. The molecule has 18 heavy (non-hydrogen) atoms. The Morgan fingerprint density at radius 2 is 2.17 bits per heavy atom. The van der Waals surface area contributed by atoms with E-state index >= 15 is 0 Å². The summed E-state index contributed by atoms with van der Waals surface area (Å²) in [6.45, 7) is 0.509. The van der Waals surface area contributed by atoms with Crippen LogP contribution in [0.1, 0.15) is 15.2 Å². The van der Waals surface area contributed by atoms with Crippen molar-refractivity contribution in [3.8, 4) is 0 Å². The second-order valence-corrected chi connectivity index (χ2v) is 5.93. The summed E-state index contributed by atoms with van der Waals surface area (Å²) in [5.74, 6) is -0.132. The first kappa shape index (κ1) is 13.3. The van der Waals surface area contributed by atoms with E-state index in [0.29, 0.717) is 21.5 Å². The molecule has 0 saturated carbocycles. The van der Waals surface area contributed by atoms with Crippen LogP contribution in [0.4, 0.5) is 0 Å². The first-order valence-corrected chi connectivity index (χ1v) is 6.74. The van der Waals surface area contributed by atoms with E-state index in [-0.39, 0.29) is 5.91 Å². The van der Waals surface area contributed by atoms with Crippen LogP contribution in [0, 0.1) is 0 Å². The maximum Gasteiger partial charge on any atom is 0.255 e. The molecule has 0 radical (unpaired) electrons. The minimum atomic E-state index is -0.132. The van der Waals surface area contributed by atoms with Crippen LogP contribution in [0.25, 0.3) is 0 Å². The highest BCUT2D eigenvalue weighted by Gasteiger charge is 2.15. The third kappa shape index (κ3) is 3.02. The topological polar surface area (TPSA) is 33.2 Å². The van der Waals surface area contributed by atoms with E-state index in [2.05, 4.69) is 4.98 Å². The van der Waals surface area contributed by atoms with E-state index in [0.717, 1.165) is 4.88 Å². The van der Waals surface area contributed by atoms with Crippen LogP contribution in [-0.4, -0.2) is 22.8 Å². The van der Waals surface area contributed by atoms with Crippen LogP contribution in [0.5, 0.6) is 0 Å². The van der Waals surface area contributed by atoms with Gasteiger partial charge in [-0.25, -0.2) is 0 Å². The number of carbonyl (C=O) groups excluding carboxylic acids is 1. The van der Waals surface area contributed by atoms with Crippen LogP contribution in [0.15, 0.2) is 30.6 Å². The predicted octanol–water partition coefficient (Wildman–Crippen LogP) is 3.72. The van der Waals surface area contributed by atoms with Crippen molar-refractivity contribution in [3.05, 3.63) is 50.4 Å². The van der Waals surface area contributed by atoms with Crippen LogP contribution in [0.2, 0.25) is 9.36 Å². The van der Waals surface area contributed by atoms with Gasteiger partial charge in [0.25, 0.3) is 5.91 Å². The van der Waals surface area contributed by atoms with Crippen molar-refractivity contribution in [2.45, 2.75) is 6.54 Å². The van der Waals surface area contributed by atoms with Crippen molar-refractivity contribution < 1.29 is 4.79 Å². The minimum absolute atomic E-state index is 0.132. The predicted molar refractivity (Wildman–Crippen MR) is 74.4 cm³/mol. The average molecular weight is 301 g/mol. The zero-order chi connectivity index (χ0) is 13.1. The molecule has 0 unspecified atom stereocenters. The third-order valence-electron chi connectivity index (χ3n) is 2.37. The summed E-state index contributed by atoms with van der Waals surface area (Å²) in [4.78, 5) is 18.6. The number of thiophene rings is 1. The van der Waals surface area contributed by atoms with Crippen LogP contribution < -0.4 is 0 Å². The van der Waals surface area contributed by atoms with Crippen LogP contribution in [-0.2, 0) is 6.54 Å². The Hall–Kier alpha value is -1.10. The molecule has 0 aromatic carbocycles. The standard InChI is InChI=1S/C12H10Cl2N2OS/c1-16(7-8-2-3-11(14)18-8)12(17)9-4-5-15-6-10(9)13/h2-6H,7H2,1H3. The number of nitrogens with zero attached hydrogens (tertiary/aromatic N) is 2. The van der Waals surface area contributed by atoms with Crippen molar-refractivity contribution in [2.75, 3.05) is 7.05 Å². The number of amides is 1. The average Bonchev–Trinajstić information content (AvgIpc) is 2.74. The Labute approximate surface area is 119 Å². The van der Waals surface area contributed by atoms with Gasteiger partial charge in [-0.1, -0.05) is 23.2 Å². The lowest BCUT2D eigenvalue weighted by Crippen LogP contribution is -2.26. The lowest BCUT2D eigenvalue weighted by atomic mass is 10.2. The fraction of sp³-hybridized carbons (Fsp3) is 0.167. The number of aromatic nitrogens is 1. The molecule has 6 heteroatoms. The Morgan fingerprint density at radius 3 is 2.78 bits per heavy atom. The molecular weight excluding hydrogens is 291 g/mol. The molecule has 1 amide bonds. The van der Waals surface area contributed by atoms with Crippen molar-refractivity contribution in [1.29, 1.82) is 0 Å². The quantitative estimate of drug-likeness (QED) is 0.865. The smallest absolute Gasteiger partial charge is 0.255 e. The summed E-state index contributed by atoms with van der Waals surface area (Å²) < 4.78 is 0.716. The van der Waals surface area contributed by atoms with Crippen molar-refractivity contribution in [1.82, 2.24) is 9.88 Å². The van der Waals surface area contributed by atoms with E-state index in [1.54, 1.807) is 24.2 Å². The summed E-state index contributed by atoms with van der Waals surface area (Å²) in [5.41, 5.74) is 0.455. The lowest BCUT2D eigenvalue weighted by Gasteiger charge is -2.16. The van der Waals surface area contributed by atoms with Gasteiger partial charge in [0.1, 0.15) is 0 Å². The van der Waals surface area contributed by atoms with E-state index in [4.69, 9.17) is 23.2 Å². The van der Waals surface area contributed by atoms with Gasteiger partial charge in [-0.2, -0.15) is 0 Å². The monoisotopic (exact) mass is 300 g/mol. The summed E-state index contributed by atoms with van der Waals surface area (Å²) >= 11 is 13.3. The molecule has 0 aliphatic rings. The van der Waals surface area contributed by atoms with Crippen LogP contribution in [0.3, 0.4) is 0 Å². The second kappa shape index (κ2) is 5.69. The molecule has 0 saturated heterocycles. The van der Waals surface area contributed by atoms with Crippen molar-refractivity contribution in [3.63, 3.8) is 0 Å². The SMILES string of the molecule is CN(Cc1ccc(Cl)s1)C(=O)c1ccncc1Cl. The molecule has 2 aromatic rings. The minimum Gasteiger partial charge on any atom is -0.337 e. The molecule has 0 aliphatic heterocycles.